The second-order valence-corrected chi connectivity index (χ2v) is 4.54. The molecule has 1 amide bonds. The van der Waals surface area contributed by atoms with Crippen LogP contribution in [0.1, 0.15) is 22.8 Å². The normalized spacial score (nSPS) is 12.9. The molecule has 0 fully saturated rings. The summed E-state index contributed by atoms with van der Waals surface area (Å²) in [6.45, 7) is 5.15. The van der Waals surface area contributed by atoms with Gasteiger partial charge in [-0.25, -0.2) is 0 Å². The average Bonchev–Trinajstić information content (AvgIpc) is 2.27. The molecule has 0 radical (unpaired) electrons. The topological polar surface area (TPSA) is 29.1 Å². The molecule has 0 spiro atoms. The van der Waals surface area contributed by atoms with E-state index in [1.54, 1.807) is 6.92 Å². The van der Waals surface area contributed by atoms with E-state index in [1.807, 2.05) is 0 Å². The fourth-order valence-electron chi connectivity index (χ4n) is 1.22. The van der Waals surface area contributed by atoms with Gasteiger partial charge in [0, 0.05) is 10.5 Å². The van der Waals surface area contributed by atoms with Crippen molar-refractivity contribution in [3.05, 3.63) is 46.5 Å². The third-order valence-corrected chi connectivity index (χ3v) is 2.94. The zero-order valence-electron chi connectivity index (χ0n) is 9.51. The Labute approximate surface area is 111 Å². The predicted molar refractivity (Wildman–Crippen MR) is 66.3 cm³/mol. The van der Waals surface area contributed by atoms with Gasteiger partial charge in [-0.15, -0.1) is 6.58 Å². The van der Waals surface area contributed by atoms with Gasteiger partial charge in [0.25, 0.3) is 5.91 Å². The second kappa shape index (κ2) is 5.56. The fraction of sp³-hybridized carbons (Fsp3) is 0.250. The number of hydrogen-bond donors (Lipinski definition) is 1. The Kier molecular flexibility index (Phi) is 4.56. The summed E-state index contributed by atoms with van der Waals surface area (Å²) in [4.78, 5) is 11.8. The van der Waals surface area contributed by atoms with Crippen LogP contribution in [0.5, 0.6) is 0 Å². The van der Waals surface area contributed by atoms with Crippen molar-refractivity contribution in [2.45, 2.75) is 19.1 Å². The molecule has 1 aromatic carbocycles. The van der Waals surface area contributed by atoms with Gasteiger partial charge < -0.3 is 5.32 Å². The number of amides is 1. The molecule has 0 aliphatic rings. The Morgan fingerprint density at radius 3 is 2.61 bits per heavy atom. The van der Waals surface area contributed by atoms with Crippen LogP contribution in [0.3, 0.4) is 0 Å². The van der Waals surface area contributed by atoms with E-state index in [4.69, 9.17) is 0 Å². The molecule has 18 heavy (non-hydrogen) atoms. The van der Waals surface area contributed by atoms with Gasteiger partial charge >= 0.3 is 6.18 Å². The average molecular weight is 322 g/mol. The summed E-state index contributed by atoms with van der Waals surface area (Å²) in [7, 11) is 0. The molecule has 0 aromatic heterocycles. The molecule has 0 saturated carbocycles. The molecule has 0 saturated heterocycles. The van der Waals surface area contributed by atoms with Crippen molar-refractivity contribution in [3.8, 4) is 0 Å². The largest absolute Gasteiger partial charge is 0.416 e. The number of hydrogen-bond acceptors (Lipinski definition) is 1. The highest BCUT2D eigenvalue weighted by atomic mass is 79.9. The molecule has 98 valence electrons. The zero-order chi connectivity index (χ0) is 13.9. The number of alkyl halides is 3. The van der Waals surface area contributed by atoms with Gasteiger partial charge in [-0.05, 0) is 41.1 Å². The van der Waals surface area contributed by atoms with E-state index in [9.17, 15) is 18.0 Å². The maximum Gasteiger partial charge on any atom is 0.416 e. The van der Waals surface area contributed by atoms with Crippen LogP contribution in [0, 0.1) is 0 Å². The van der Waals surface area contributed by atoms with Gasteiger partial charge in [0.05, 0.1) is 11.1 Å². The number of carbonyl (C=O) groups excluding carboxylic acids is 1. The Morgan fingerprint density at radius 2 is 2.11 bits per heavy atom. The van der Waals surface area contributed by atoms with E-state index in [1.165, 1.54) is 12.1 Å². The van der Waals surface area contributed by atoms with Crippen molar-refractivity contribution in [1.82, 2.24) is 5.32 Å². The molecule has 6 heteroatoms. The minimum atomic E-state index is -4.47. The first-order valence-electron chi connectivity index (χ1n) is 5.06. The molecule has 1 unspecified atom stereocenters. The van der Waals surface area contributed by atoms with Crippen molar-refractivity contribution in [2.24, 2.45) is 0 Å². The van der Waals surface area contributed by atoms with Gasteiger partial charge in [-0.3, -0.25) is 4.79 Å². The van der Waals surface area contributed by atoms with Crippen molar-refractivity contribution >= 4 is 21.8 Å². The quantitative estimate of drug-likeness (QED) is 0.843. The Bertz CT molecular complexity index is 471. The lowest BCUT2D eigenvalue weighted by Gasteiger charge is -2.13. The van der Waals surface area contributed by atoms with Crippen LogP contribution in [0.4, 0.5) is 13.2 Å². The van der Waals surface area contributed by atoms with Crippen molar-refractivity contribution < 1.29 is 18.0 Å². The van der Waals surface area contributed by atoms with Gasteiger partial charge in [0.2, 0.25) is 0 Å². The minimum Gasteiger partial charge on any atom is -0.346 e. The first-order valence-corrected chi connectivity index (χ1v) is 5.85. The van der Waals surface area contributed by atoms with Gasteiger partial charge in [-0.1, -0.05) is 6.08 Å². The number of carbonyl (C=O) groups is 1. The zero-order valence-corrected chi connectivity index (χ0v) is 11.1. The summed E-state index contributed by atoms with van der Waals surface area (Å²) in [5.41, 5.74) is -0.916. The standard InChI is InChI=1S/C12H11BrF3NO/c1-3-7(2)17-11(18)9-6-8(12(14,15)16)4-5-10(9)13/h3-7H,1H2,2H3,(H,17,18). The summed E-state index contributed by atoms with van der Waals surface area (Å²) in [6.07, 6.45) is -2.99. The molecule has 1 rings (SSSR count). The van der Waals surface area contributed by atoms with Crippen molar-refractivity contribution in [2.75, 3.05) is 0 Å². The Balaban J connectivity index is 3.08. The van der Waals surface area contributed by atoms with Crippen molar-refractivity contribution in [1.29, 1.82) is 0 Å². The van der Waals surface area contributed by atoms with Crippen LogP contribution in [-0.4, -0.2) is 11.9 Å². The summed E-state index contributed by atoms with van der Waals surface area (Å²) in [5, 5.41) is 2.51. The molecular formula is C12H11BrF3NO. The molecule has 0 aliphatic carbocycles. The number of rotatable bonds is 3. The molecular weight excluding hydrogens is 311 g/mol. The Morgan fingerprint density at radius 1 is 1.50 bits per heavy atom. The molecule has 1 atom stereocenters. The number of nitrogens with one attached hydrogen (secondary N) is 1. The van der Waals surface area contributed by atoms with Gasteiger partial charge in [0.1, 0.15) is 0 Å². The van der Waals surface area contributed by atoms with Gasteiger partial charge in [-0.2, -0.15) is 13.2 Å². The highest BCUT2D eigenvalue weighted by Crippen LogP contribution is 2.31. The highest BCUT2D eigenvalue weighted by Gasteiger charge is 2.31. The molecule has 1 aromatic rings. The second-order valence-electron chi connectivity index (χ2n) is 3.69. The van der Waals surface area contributed by atoms with E-state index in [0.717, 1.165) is 12.1 Å². The van der Waals surface area contributed by atoms with Crippen LogP contribution in [-0.2, 0) is 6.18 Å². The molecule has 0 bridgehead atoms. The third kappa shape index (κ3) is 3.60. The fourth-order valence-corrected chi connectivity index (χ4v) is 1.65. The van der Waals surface area contributed by atoms with E-state index in [-0.39, 0.29) is 11.6 Å². The summed E-state index contributed by atoms with van der Waals surface area (Å²) in [5.74, 6) is -0.583. The van der Waals surface area contributed by atoms with E-state index >= 15 is 0 Å². The number of halogens is 4. The van der Waals surface area contributed by atoms with E-state index in [2.05, 4.69) is 27.8 Å². The Hall–Kier alpha value is -1.30. The maximum absolute atomic E-state index is 12.5. The smallest absolute Gasteiger partial charge is 0.346 e. The molecule has 1 N–H and O–H groups in total. The first-order chi connectivity index (χ1) is 8.25. The highest BCUT2D eigenvalue weighted by molar-refractivity contribution is 9.10. The lowest BCUT2D eigenvalue weighted by Crippen LogP contribution is -2.31. The summed E-state index contributed by atoms with van der Waals surface area (Å²) in [6, 6.07) is 2.61. The van der Waals surface area contributed by atoms with E-state index < -0.39 is 17.6 Å². The van der Waals surface area contributed by atoms with Crippen LogP contribution in [0.2, 0.25) is 0 Å². The summed E-state index contributed by atoms with van der Waals surface area (Å²) < 4.78 is 37.9. The molecule has 2 nitrogen and oxygen atoms in total. The third-order valence-electron chi connectivity index (χ3n) is 2.25. The van der Waals surface area contributed by atoms with Crippen LogP contribution in [0.25, 0.3) is 0 Å². The summed E-state index contributed by atoms with van der Waals surface area (Å²) >= 11 is 3.06. The van der Waals surface area contributed by atoms with Crippen molar-refractivity contribution in [3.63, 3.8) is 0 Å². The van der Waals surface area contributed by atoms with Crippen LogP contribution < -0.4 is 5.32 Å². The SMILES string of the molecule is C=CC(C)NC(=O)c1cc(C(F)(F)F)ccc1Br. The monoisotopic (exact) mass is 321 g/mol. The predicted octanol–water partition coefficient (Wildman–Crippen LogP) is 3.77. The minimum absolute atomic E-state index is 0.0569. The first kappa shape index (κ1) is 14.8. The van der Waals surface area contributed by atoms with Crippen LogP contribution in [0.15, 0.2) is 35.3 Å². The van der Waals surface area contributed by atoms with Gasteiger partial charge in [0.15, 0.2) is 0 Å². The number of benzene rings is 1. The maximum atomic E-state index is 12.5. The van der Waals surface area contributed by atoms with Crippen LogP contribution >= 0.6 is 15.9 Å². The lowest BCUT2D eigenvalue weighted by molar-refractivity contribution is -0.137. The molecule has 0 aliphatic heterocycles. The lowest BCUT2D eigenvalue weighted by atomic mass is 10.1. The molecule has 0 heterocycles. The van der Waals surface area contributed by atoms with E-state index in [0.29, 0.717) is 4.47 Å².